The van der Waals surface area contributed by atoms with E-state index in [4.69, 9.17) is 33.7 Å². The molecule has 1 unspecified atom stereocenters. The molecule has 9 heteroatoms. The molecule has 0 bridgehead atoms. The molecule has 0 aliphatic heterocycles. The van der Waals surface area contributed by atoms with E-state index in [1.54, 1.807) is 12.1 Å². The Balaban J connectivity index is 1.76. The van der Waals surface area contributed by atoms with E-state index in [-0.39, 0.29) is 28.6 Å². The fourth-order valence-corrected chi connectivity index (χ4v) is 4.66. The molecule has 0 aromatic heterocycles. The molecular formula is C23H26Cl2N2O5. The number of benzene rings is 2. The van der Waals surface area contributed by atoms with Gasteiger partial charge in [-0.1, -0.05) is 29.6 Å². The summed E-state index contributed by atoms with van der Waals surface area (Å²) in [6, 6.07) is 6.40. The van der Waals surface area contributed by atoms with Gasteiger partial charge in [0, 0.05) is 35.8 Å². The standard InChI is InChI=1S/C23H26Cl2N2O5/c1-13(28)32-23(7-3-2-4-8-23)22(26)21(31)17-6-5-16(11-19(17)29)27-12-14-9-15(24)10-18(25)20(14)30/h5-6,9-11,22,27,29-30H,2-4,7-8,12,26H2,1H3. The van der Waals surface area contributed by atoms with Crippen LogP contribution in [0.5, 0.6) is 11.5 Å². The second-order valence-corrected chi connectivity index (χ2v) is 8.89. The topological polar surface area (TPSA) is 122 Å². The van der Waals surface area contributed by atoms with Gasteiger partial charge in [0.25, 0.3) is 0 Å². The molecule has 1 aliphatic rings. The number of carbonyl (C=O) groups is 2. The van der Waals surface area contributed by atoms with Gasteiger partial charge in [0.15, 0.2) is 5.78 Å². The van der Waals surface area contributed by atoms with Gasteiger partial charge < -0.3 is 26.0 Å². The van der Waals surface area contributed by atoms with Gasteiger partial charge in [0.05, 0.1) is 10.6 Å². The molecule has 1 saturated carbocycles. The third kappa shape index (κ3) is 5.28. The molecule has 1 atom stereocenters. The van der Waals surface area contributed by atoms with Crippen LogP contribution >= 0.6 is 23.2 Å². The molecule has 2 aromatic carbocycles. The SMILES string of the molecule is CC(=O)OC1(C(N)C(=O)c2ccc(NCc3cc(Cl)cc(Cl)c3O)cc2O)CCCCC1. The molecule has 0 radical (unpaired) electrons. The number of aromatic hydroxyl groups is 2. The highest BCUT2D eigenvalue weighted by Gasteiger charge is 2.45. The van der Waals surface area contributed by atoms with Crippen LogP contribution in [0.4, 0.5) is 5.69 Å². The third-order valence-electron chi connectivity index (χ3n) is 5.75. The van der Waals surface area contributed by atoms with E-state index in [0.29, 0.717) is 29.1 Å². The van der Waals surface area contributed by atoms with Crippen molar-refractivity contribution in [2.45, 2.75) is 57.2 Å². The van der Waals surface area contributed by atoms with Gasteiger partial charge in [-0.15, -0.1) is 0 Å². The summed E-state index contributed by atoms with van der Waals surface area (Å²) in [5.41, 5.74) is 6.26. The first kappa shape index (κ1) is 24.2. The summed E-state index contributed by atoms with van der Waals surface area (Å²) in [5, 5.41) is 24.1. The zero-order valence-corrected chi connectivity index (χ0v) is 19.2. The predicted molar refractivity (Wildman–Crippen MR) is 123 cm³/mol. The van der Waals surface area contributed by atoms with E-state index in [9.17, 15) is 19.8 Å². The predicted octanol–water partition coefficient (Wildman–Crippen LogP) is 4.79. The van der Waals surface area contributed by atoms with Crippen molar-refractivity contribution in [3.63, 3.8) is 0 Å². The summed E-state index contributed by atoms with van der Waals surface area (Å²) in [5.74, 6) is -1.31. The molecular weight excluding hydrogens is 455 g/mol. The lowest BCUT2D eigenvalue weighted by Crippen LogP contribution is -2.56. The normalized spacial score (nSPS) is 16.2. The first-order valence-corrected chi connectivity index (χ1v) is 11.1. The Kier molecular flexibility index (Phi) is 7.54. The fourth-order valence-electron chi connectivity index (χ4n) is 4.12. The van der Waals surface area contributed by atoms with Gasteiger partial charge in [0.1, 0.15) is 23.1 Å². The second-order valence-electron chi connectivity index (χ2n) is 8.04. The Bertz CT molecular complexity index is 1020. The molecule has 0 heterocycles. The number of phenols is 2. The molecule has 0 saturated heterocycles. The number of nitrogens with one attached hydrogen (secondary N) is 1. The highest BCUT2D eigenvalue weighted by molar-refractivity contribution is 6.35. The summed E-state index contributed by atoms with van der Waals surface area (Å²) in [4.78, 5) is 24.8. The van der Waals surface area contributed by atoms with Crippen LogP contribution in [0.3, 0.4) is 0 Å². The van der Waals surface area contributed by atoms with E-state index < -0.39 is 23.4 Å². The monoisotopic (exact) mass is 480 g/mol. The number of carbonyl (C=O) groups excluding carboxylic acids is 2. The number of anilines is 1. The van der Waals surface area contributed by atoms with Crippen molar-refractivity contribution < 1.29 is 24.5 Å². The lowest BCUT2D eigenvalue weighted by molar-refractivity contribution is -0.161. The largest absolute Gasteiger partial charge is 0.507 e. The van der Waals surface area contributed by atoms with Crippen molar-refractivity contribution in [2.24, 2.45) is 5.73 Å². The van der Waals surface area contributed by atoms with Crippen LogP contribution < -0.4 is 11.1 Å². The van der Waals surface area contributed by atoms with E-state index in [1.165, 1.54) is 25.1 Å². The minimum atomic E-state index is -1.08. The lowest BCUT2D eigenvalue weighted by atomic mass is 9.77. The van der Waals surface area contributed by atoms with E-state index >= 15 is 0 Å². The van der Waals surface area contributed by atoms with Crippen molar-refractivity contribution in [2.75, 3.05) is 5.32 Å². The number of ketones is 1. The molecule has 32 heavy (non-hydrogen) atoms. The molecule has 1 fully saturated rings. The summed E-state index contributed by atoms with van der Waals surface area (Å²) in [7, 11) is 0. The zero-order chi connectivity index (χ0) is 23.5. The van der Waals surface area contributed by atoms with Crippen molar-refractivity contribution in [3.8, 4) is 11.5 Å². The maximum atomic E-state index is 13.1. The quantitative estimate of drug-likeness (QED) is 0.331. The zero-order valence-electron chi connectivity index (χ0n) is 17.7. The minimum Gasteiger partial charge on any atom is -0.507 e. The lowest BCUT2D eigenvalue weighted by Gasteiger charge is -2.40. The summed E-state index contributed by atoms with van der Waals surface area (Å²) in [6.07, 6.45) is 3.62. The average molecular weight is 481 g/mol. The van der Waals surface area contributed by atoms with Crippen molar-refractivity contribution in [3.05, 3.63) is 51.5 Å². The van der Waals surface area contributed by atoms with Crippen LogP contribution in [-0.2, 0) is 16.1 Å². The van der Waals surface area contributed by atoms with Gasteiger partial charge in [-0.05, 0) is 49.9 Å². The second kappa shape index (κ2) is 9.98. The minimum absolute atomic E-state index is 0.0498. The first-order valence-electron chi connectivity index (χ1n) is 10.4. The van der Waals surface area contributed by atoms with Gasteiger partial charge >= 0.3 is 5.97 Å². The molecule has 172 valence electrons. The van der Waals surface area contributed by atoms with Crippen LogP contribution in [0.25, 0.3) is 0 Å². The van der Waals surface area contributed by atoms with Gasteiger partial charge in [-0.2, -0.15) is 0 Å². The van der Waals surface area contributed by atoms with E-state index in [0.717, 1.165) is 19.3 Å². The van der Waals surface area contributed by atoms with Gasteiger partial charge in [-0.25, -0.2) is 0 Å². The maximum Gasteiger partial charge on any atom is 0.303 e. The summed E-state index contributed by atoms with van der Waals surface area (Å²) < 4.78 is 5.54. The highest BCUT2D eigenvalue weighted by Crippen LogP contribution is 2.37. The Morgan fingerprint density at radius 2 is 1.84 bits per heavy atom. The Hall–Kier alpha value is -2.48. The molecule has 1 aliphatic carbocycles. The summed E-state index contributed by atoms with van der Waals surface area (Å²) >= 11 is 11.9. The van der Waals surface area contributed by atoms with Crippen LogP contribution in [-0.4, -0.2) is 33.6 Å². The number of hydrogen-bond acceptors (Lipinski definition) is 7. The number of halogens is 2. The number of rotatable bonds is 7. The number of ether oxygens (including phenoxy) is 1. The fraction of sp³-hybridized carbons (Fsp3) is 0.391. The van der Waals surface area contributed by atoms with Crippen LogP contribution in [0.1, 0.15) is 54.9 Å². The molecule has 5 N–H and O–H groups in total. The van der Waals surface area contributed by atoms with Crippen LogP contribution in [0, 0.1) is 0 Å². The van der Waals surface area contributed by atoms with Crippen molar-refractivity contribution >= 4 is 40.6 Å². The van der Waals surface area contributed by atoms with Crippen molar-refractivity contribution in [1.82, 2.24) is 0 Å². The Labute approximate surface area is 196 Å². The van der Waals surface area contributed by atoms with Gasteiger partial charge in [-0.3, -0.25) is 9.59 Å². The third-order valence-corrected chi connectivity index (χ3v) is 6.26. The number of esters is 1. The molecule has 0 amide bonds. The summed E-state index contributed by atoms with van der Waals surface area (Å²) in [6.45, 7) is 1.49. The highest BCUT2D eigenvalue weighted by atomic mass is 35.5. The van der Waals surface area contributed by atoms with E-state index in [1.807, 2.05) is 0 Å². The molecule has 0 spiro atoms. The molecule has 3 rings (SSSR count). The molecule has 2 aromatic rings. The van der Waals surface area contributed by atoms with E-state index in [2.05, 4.69) is 5.32 Å². The Morgan fingerprint density at radius 1 is 1.16 bits per heavy atom. The smallest absolute Gasteiger partial charge is 0.303 e. The maximum absolute atomic E-state index is 13.1. The Morgan fingerprint density at radius 3 is 2.47 bits per heavy atom. The molecule has 7 nitrogen and oxygen atoms in total. The van der Waals surface area contributed by atoms with Crippen molar-refractivity contribution in [1.29, 1.82) is 0 Å². The number of hydrogen-bond donors (Lipinski definition) is 4. The van der Waals surface area contributed by atoms with Crippen LogP contribution in [0.15, 0.2) is 30.3 Å². The van der Waals surface area contributed by atoms with Gasteiger partial charge in [0.2, 0.25) is 0 Å². The first-order chi connectivity index (χ1) is 15.1. The van der Waals surface area contributed by atoms with Crippen LogP contribution in [0.2, 0.25) is 10.0 Å². The number of nitrogens with two attached hydrogens (primary N) is 1. The number of phenolic OH excluding ortho intramolecular Hbond substituents is 2. The average Bonchev–Trinajstić information content (AvgIpc) is 2.74. The number of Topliss-reactive ketones (excluding diaryl/α,β-unsaturated/α-hetero) is 1.